The van der Waals surface area contributed by atoms with Crippen LogP contribution in [0, 0.1) is 6.92 Å². The van der Waals surface area contributed by atoms with E-state index in [9.17, 15) is 13.2 Å². The largest absolute Gasteiger partial charge is 0.365 e. The highest BCUT2D eigenvalue weighted by Gasteiger charge is 2.35. The van der Waals surface area contributed by atoms with Gasteiger partial charge in [0.25, 0.3) is 15.9 Å². The van der Waals surface area contributed by atoms with Gasteiger partial charge < -0.3 is 10.3 Å². The van der Waals surface area contributed by atoms with Gasteiger partial charge in [-0.25, -0.2) is 8.42 Å². The molecular formula is C23H22ClN5O3S2. The summed E-state index contributed by atoms with van der Waals surface area (Å²) in [6.07, 6.45) is 0. The molecule has 0 atom stereocenters. The summed E-state index contributed by atoms with van der Waals surface area (Å²) in [5, 5.41) is 4.69. The predicted molar refractivity (Wildman–Crippen MR) is 132 cm³/mol. The van der Waals surface area contributed by atoms with Crippen LogP contribution in [-0.2, 0) is 30.2 Å². The number of hydrogen-bond donors (Lipinski definition) is 1. The summed E-state index contributed by atoms with van der Waals surface area (Å²) in [7, 11) is -1.95. The van der Waals surface area contributed by atoms with Crippen LogP contribution < -0.4 is 5.73 Å². The van der Waals surface area contributed by atoms with Gasteiger partial charge in [0.15, 0.2) is 0 Å². The molecule has 34 heavy (non-hydrogen) atoms. The normalized spacial score (nSPS) is 14.3. The third-order valence-corrected chi connectivity index (χ3v) is 9.83. The lowest BCUT2D eigenvalue weighted by Gasteiger charge is -2.29. The van der Waals surface area contributed by atoms with Crippen molar-refractivity contribution in [3.8, 4) is 21.8 Å². The van der Waals surface area contributed by atoms with Crippen molar-refractivity contribution in [2.24, 2.45) is 12.8 Å². The number of primary amides is 1. The highest BCUT2D eigenvalue weighted by molar-refractivity contribution is 7.91. The van der Waals surface area contributed by atoms with Gasteiger partial charge >= 0.3 is 0 Å². The van der Waals surface area contributed by atoms with Crippen molar-refractivity contribution in [1.82, 2.24) is 18.7 Å². The van der Waals surface area contributed by atoms with Gasteiger partial charge in [0.05, 0.1) is 27.7 Å². The first kappa shape index (κ1) is 22.9. The van der Waals surface area contributed by atoms with Gasteiger partial charge in [-0.3, -0.25) is 9.48 Å². The van der Waals surface area contributed by atoms with Crippen molar-refractivity contribution < 1.29 is 13.2 Å². The molecule has 1 aliphatic rings. The van der Waals surface area contributed by atoms with E-state index in [1.54, 1.807) is 16.8 Å². The molecule has 0 bridgehead atoms. The topological polar surface area (TPSA) is 103 Å². The van der Waals surface area contributed by atoms with Crippen LogP contribution in [0.3, 0.4) is 0 Å². The van der Waals surface area contributed by atoms with Crippen LogP contribution in [0.25, 0.3) is 21.8 Å². The van der Waals surface area contributed by atoms with E-state index in [0.717, 1.165) is 21.8 Å². The fourth-order valence-electron chi connectivity index (χ4n) is 4.24. The smallest absolute Gasteiger partial charge is 0.252 e. The second-order valence-corrected chi connectivity index (χ2v) is 11.7. The van der Waals surface area contributed by atoms with Gasteiger partial charge in [0, 0.05) is 31.5 Å². The average Bonchev–Trinajstić information content (AvgIpc) is 3.50. The van der Waals surface area contributed by atoms with Crippen LogP contribution in [0.5, 0.6) is 0 Å². The number of thiophene rings is 1. The zero-order valence-corrected chi connectivity index (χ0v) is 20.9. The van der Waals surface area contributed by atoms with Gasteiger partial charge in [-0.05, 0) is 30.7 Å². The van der Waals surface area contributed by atoms with E-state index >= 15 is 0 Å². The summed E-state index contributed by atoms with van der Waals surface area (Å²) in [6, 6.07) is 14.7. The fraction of sp³-hybridized carbons (Fsp3) is 0.217. The van der Waals surface area contributed by atoms with Gasteiger partial charge in [-0.2, -0.15) is 9.40 Å². The van der Waals surface area contributed by atoms with Crippen LogP contribution in [0.1, 0.15) is 21.7 Å². The van der Waals surface area contributed by atoms with E-state index in [1.807, 2.05) is 54.9 Å². The number of amides is 1. The van der Waals surface area contributed by atoms with E-state index in [4.69, 9.17) is 17.3 Å². The van der Waals surface area contributed by atoms with E-state index in [2.05, 4.69) is 5.10 Å². The Bertz CT molecular complexity index is 1500. The standard InChI is InChI=1S/C23H22ClN5O3S2/c1-14-12-16(26-27(14)2)18-8-9-19(33-18)34(31,32)28-10-11-29-17(13-28)20(23(25)30)21(24)22(29)15-6-4-3-5-7-15/h3-9,12H,10-11,13H2,1-2H3,(H2,25,30). The molecule has 11 heteroatoms. The second kappa shape index (κ2) is 8.38. The number of halogens is 1. The predicted octanol–water partition coefficient (Wildman–Crippen LogP) is 3.88. The summed E-state index contributed by atoms with van der Waals surface area (Å²) < 4.78 is 32.3. The Labute approximate surface area is 206 Å². The Morgan fingerprint density at radius 2 is 1.88 bits per heavy atom. The van der Waals surface area contributed by atoms with Gasteiger partial charge in [-0.15, -0.1) is 11.3 Å². The van der Waals surface area contributed by atoms with Crippen molar-refractivity contribution in [1.29, 1.82) is 0 Å². The number of sulfonamides is 1. The minimum atomic E-state index is -3.80. The highest BCUT2D eigenvalue weighted by Crippen LogP contribution is 2.39. The molecule has 0 saturated carbocycles. The molecule has 0 unspecified atom stereocenters. The molecular weight excluding hydrogens is 494 g/mol. The number of fused-ring (bicyclic) bond motifs is 1. The summed E-state index contributed by atoms with van der Waals surface area (Å²) in [4.78, 5) is 13.1. The lowest BCUT2D eigenvalue weighted by atomic mass is 10.1. The maximum Gasteiger partial charge on any atom is 0.252 e. The first-order valence-corrected chi connectivity index (χ1v) is 13.2. The molecule has 0 aliphatic carbocycles. The number of rotatable bonds is 5. The molecule has 0 spiro atoms. The number of benzene rings is 1. The van der Waals surface area contributed by atoms with E-state index in [0.29, 0.717) is 17.9 Å². The van der Waals surface area contributed by atoms with E-state index < -0.39 is 15.9 Å². The first-order chi connectivity index (χ1) is 16.2. The minimum Gasteiger partial charge on any atom is -0.365 e. The van der Waals surface area contributed by atoms with Crippen LogP contribution in [0.15, 0.2) is 52.7 Å². The Morgan fingerprint density at radius 3 is 2.53 bits per heavy atom. The molecule has 0 saturated heterocycles. The van der Waals surface area contributed by atoms with Crippen LogP contribution in [0.2, 0.25) is 5.02 Å². The zero-order valence-electron chi connectivity index (χ0n) is 18.5. The number of nitrogens with zero attached hydrogens (tertiary/aromatic N) is 4. The molecule has 1 amide bonds. The zero-order chi connectivity index (χ0) is 24.2. The van der Waals surface area contributed by atoms with E-state index in [-0.39, 0.29) is 27.9 Å². The van der Waals surface area contributed by atoms with Crippen LogP contribution in [-0.4, -0.2) is 39.5 Å². The number of carbonyl (C=O) groups excluding carboxylic acids is 1. The summed E-state index contributed by atoms with van der Waals surface area (Å²) in [5.41, 5.74) is 9.56. The molecule has 3 aromatic heterocycles. The lowest BCUT2D eigenvalue weighted by molar-refractivity contribution is 0.0998. The lowest BCUT2D eigenvalue weighted by Crippen LogP contribution is -2.38. The summed E-state index contributed by atoms with van der Waals surface area (Å²) in [6.45, 7) is 2.54. The molecule has 1 aliphatic heterocycles. The van der Waals surface area contributed by atoms with Crippen molar-refractivity contribution in [2.75, 3.05) is 6.54 Å². The number of nitrogens with two attached hydrogens (primary N) is 1. The van der Waals surface area contributed by atoms with Gasteiger partial charge in [-0.1, -0.05) is 41.9 Å². The molecule has 0 radical (unpaired) electrons. The molecule has 2 N–H and O–H groups in total. The van der Waals surface area contributed by atoms with Gasteiger partial charge in [0.1, 0.15) is 9.90 Å². The van der Waals surface area contributed by atoms with Crippen molar-refractivity contribution >= 4 is 38.9 Å². The minimum absolute atomic E-state index is 0.00306. The van der Waals surface area contributed by atoms with Crippen LogP contribution >= 0.6 is 22.9 Å². The highest BCUT2D eigenvalue weighted by atomic mass is 35.5. The quantitative estimate of drug-likeness (QED) is 0.435. The number of hydrogen-bond acceptors (Lipinski definition) is 5. The fourth-order valence-corrected chi connectivity index (χ4v) is 7.46. The molecule has 0 fully saturated rings. The molecule has 176 valence electrons. The Hall–Kier alpha value is -2.92. The molecule has 4 aromatic rings. The second-order valence-electron chi connectivity index (χ2n) is 8.12. The molecule has 4 heterocycles. The first-order valence-electron chi connectivity index (χ1n) is 10.6. The van der Waals surface area contributed by atoms with E-state index in [1.165, 1.54) is 15.6 Å². The average molecular weight is 516 g/mol. The third kappa shape index (κ3) is 3.67. The number of aromatic nitrogens is 3. The van der Waals surface area contributed by atoms with Crippen LogP contribution in [0.4, 0.5) is 0 Å². The SMILES string of the molecule is Cc1cc(-c2ccc(S(=O)(=O)N3CCn4c(c(C(N)=O)c(Cl)c4-c4ccccc4)C3)s2)nn1C. The molecule has 5 rings (SSSR count). The number of carbonyl (C=O) groups is 1. The summed E-state index contributed by atoms with van der Waals surface area (Å²) >= 11 is 7.79. The molecule has 1 aromatic carbocycles. The van der Waals surface area contributed by atoms with Gasteiger partial charge in [0.2, 0.25) is 0 Å². The monoisotopic (exact) mass is 515 g/mol. The Balaban J connectivity index is 1.52. The Morgan fingerprint density at radius 1 is 1.15 bits per heavy atom. The summed E-state index contributed by atoms with van der Waals surface area (Å²) in [5.74, 6) is -0.681. The number of aryl methyl sites for hydroxylation is 2. The Kier molecular flexibility index (Phi) is 5.64. The maximum absolute atomic E-state index is 13.5. The van der Waals surface area contributed by atoms with Crippen molar-refractivity contribution in [2.45, 2.75) is 24.2 Å². The van der Waals surface area contributed by atoms with Crippen molar-refractivity contribution in [3.05, 3.63) is 70.5 Å². The van der Waals surface area contributed by atoms with Crippen molar-refractivity contribution in [3.63, 3.8) is 0 Å². The molecule has 8 nitrogen and oxygen atoms in total. The third-order valence-electron chi connectivity index (χ3n) is 6.05. The maximum atomic E-state index is 13.5.